The van der Waals surface area contributed by atoms with Crippen LogP contribution in [0.4, 0.5) is 0 Å². The molecule has 0 unspecified atom stereocenters. The SMILES string of the molecule is Cc1nn(C)c(C)c1CCC(=O)N(CC(=O)O)CC1CC1. The van der Waals surface area contributed by atoms with Crippen LogP contribution >= 0.6 is 0 Å². The fourth-order valence-electron chi connectivity index (χ4n) is 2.60. The number of aromatic nitrogens is 2. The van der Waals surface area contributed by atoms with Crippen LogP contribution in [-0.2, 0) is 23.1 Å². The van der Waals surface area contributed by atoms with Crippen molar-refractivity contribution < 1.29 is 14.7 Å². The van der Waals surface area contributed by atoms with Gasteiger partial charge in [0.1, 0.15) is 6.54 Å². The lowest BCUT2D eigenvalue weighted by molar-refractivity contribution is -0.144. The molecule has 1 amide bonds. The number of aliphatic carboxylic acids is 1. The summed E-state index contributed by atoms with van der Waals surface area (Å²) in [4.78, 5) is 24.7. The summed E-state index contributed by atoms with van der Waals surface area (Å²) >= 11 is 0. The summed E-state index contributed by atoms with van der Waals surface area (Å²) in [5, 5.41) is 13.3. The van der Waals surface area contributed by atoms with Gasteiger partial charge in [-0.3, -0.25) is 14.3 Å². The molecule has 0 aliphatic heterocycles. The highest BCUT2D eigenvalue weighted by Gasteiger charge is 2.27. The van der Waals surface area contributed by atoms with Crippen molar-refractivity contribution in [2.24, 2.45) is 13.0 Å². The third-order valence-electron chi connectivity index (χ3n) is 4.10. The van der Waals surface area contributed by atoms with Gasteiger partial charge in [-0.15, -0.1) is 0 Å². The summed E-state index contributed by atoms with van der Waals surface area (Å²) < 4.78 is 1.81. The molecular formula is C15H23N3O3. The monoisotopic (exact) mass is 293 g/mol. The van der Waals surface area contributed by atoms with E-state index in [1.807, 2.05) is 25.6 Å². The molecule has 1 N–H and O–H groups in total. The Kier molecular flexibility index (Phi) is 4.65. The lowest BCUT2D eigenvalue weighted by Gasteiger charge is -2.20. The zero-order valence-electron chi connectivity index (χ0n) is 12.9. The second kappa shape index (κ2) is 6.28. The van der Waals surface area contributed by atoms with E-state index in [0.29, 0.717) is 25.3 Å². The third-order valence-corrected chi connectivity index (χ3v) is 4.10. The first-order valence-corrected chi connectivity index (χ1v) is 7.37. The molecule has 6 heteroatoms. The van der Waals surface area contributed by atoms with Crippen LogP contribution in [0.5, 0.6) is 0 Å². The van der Waals surface area contributed by atoms with Crippen molar-refractivity contribution in [3.05, 3.63) is 17.0 Å². The van der Waals surface area contributed by atoms with Gasteiger partial charge in [-0.1, -0.05) is 0 Å². The molecule has 21 heavy (non-hydrogen) atoms. The minimum absolute atomic E-state index is 0.0769. The Morgan fingerprint density at radius 2 is 2.05 bits per heavy atom. The number of nitrogens with zero attached hydrogens (tertiary/aromatic N) is 3. The minimum atomic E-state index is -0.947. The van der Waals surface area contributed by atoms with Crippen molar-refractivity contribution in [3.63, 3.8) is 0 Å². The van der Waals surface area contributed by atoms with Gasteiger partial charge in [-0.05, 0) is 44.6 Å². The van der Waals surface area contributed by atoms with Crippen molar-refractivity contribution in [3.8, 4) is 0 Å². The second-order valence-electron chi connectivity index (χ2n) is 5.88. The van der Waals surface area contributed by atoms with E-state index in [4.69, 9.17) is 5.11 Å². The van der Waals surface area contributed by atoms with E-state index in [2.05, 4.69) is 5.10 Å². The Balaban J connectivity index is 1.95. The quantitative estimate of drug-likeness (QED) is 0.822. The first kappa shape index (κ1) is 15.5. The first-order valence-electron chi connectivity index (χ1n) is 7.37. The number of hydrogen-bond acceptors (Lipinski definition) is 3. The third kappa shape index (κ3) is 4.06. The van der Waals surface area contributed by atoms with E-state index in [9.17, 15) is 9.59 Å². The molecule has 116 valence electrons. The highest BCUT2D eigenvalue weighted by atomic mass is 16.4. The van der Waals surface area contributed by atoms with Gasteiger partial charge in [-0.25, -0.2) is 0 Å². The predicted octanol–water partition coefficient (Wildman–Crippen LogP) is 1.29. The van der Waals surface area contributed by atoms with Crippen molar-refractivity contribution >= 4 is 11.9 Å². The number of rotatable bonds is 7. The topological polar surface area (TPSA) is 75.4 Å². The normalized spacial score (nSPS) is 14.2. The van der Waals surface area contributed by atoms with Crippen LogP contribution in [0, 0.1) is 19.8 Å². The number of carboxylic acids is 1. The van der Waals surface area contributed by atoms with Crippen LogP contribution in [-0.4, -0.2) is 44.8 Å². The van der Waals surface area contributed by atoms with Gasteiger partial charge < -0.3 is 10.0 Å². The zero-order valence-corrected chi connectivity index (χ0v) is 12.9. The Morgan fingerprint density at radius 1 is 1.38 bits per heavy atom. The summed E-state index contributed by atoms with van der Waals surface area (Å²) in [6.07, 6.45) is 3.16. The molecule has 6 nitrogen and oxygen atoms in total. The highest BCUT2D eigenvalue weighted by molar-refractivity contribution is 5.81. The van der Waals surface area contributed by atoms with Gasteiger partial charge in [0.2, 0.25) is 5.91 Å². The van der Waals surface area contributed by atoms with E-state index in [0.717, 1.165) is 29.8 Å². The van der Waals surface area contributed by atoms with Crippen molar-refractivity contribution in [2.45, 2.75) is 39.5 Å². The van der Waals surface area contributed by atoms with E-state index < -0.39 is 5.97 Å². The summed E-state index contributed by atoms with van der Waals surface area (Å²) in [6, 6.07) is 0. The Hall–Kier alpha value is -1.85. The number of carbonyl (C=O) groups excluding carboxylic acids is 1. The molecule has 0 aromatic carbocycles. The average molecular weight is 293 g/mol. The maximum atomic E-state index is 12.3. The van der Waals surface area contributed by atoms with E-state index >= 15 is 0 Å². The molecule has 0 atom stereocenters. The molecule has 1 heterocycles. The van der Waals surface area contributed by atoms with E-state index in [-0.39, 0.29) is 12.5 Å². The molecule has 1 aromatic rings. The van der Waals surface area contributed by atoms with Gasteiger partial charge in [-0.2, -0.15) is 5.10 Å². The van der Waals surface area contributed by atoms with Crippen molar-refractivity contribution in [1.29, 1.82) is 0 Å². The van der Waals surface area contributed by atoms with Crippen LogP contribution in [0.15, 0.2) is 0 Å². The van der Waals surface area contributed by atoms with Gasteiger partial charge in [0.15, 0.2) is 0 Å². The largest absolute Gasteiger partial charge is 0.480 e. The maximum absolute atomic E-state index is 12.3. The number of aryl methyl sites for hydroxylation is 2. The van der Waals surface area contributed by atoms with E-state index in [1.54, 1.807) is 0 Å². The van der Waals surface area contributed by atoms with Gasteiger partial charge >= 0.3 is 5.97 Å². The van der Waals surface area contributed by atoms with Crippen LogP contribution < -0.4 is 0 Å². The number of carboxylic acid groups (broad SMARTS) is 1. The van der Waals surface area contributed by atoms with Crippen LogP contribution in [0.25, 0.3) is 0 Å². The molecule has 1 aromatic heterocycles. The molecule has 0 radical (unpaired) electrons. The zero-order chi connectivity index (χ0) is 15.6. The summed E-state index contributed by atoms with van der Waals surface area (Å²) in [5.74, 6) is -0.528. The standard InChI is InChI=1S/C15H23N3O3/c1-10-13(11(2)17(3)16-10)6-7-14(19)18(9-15(20)21)8-12-4-5-12/h12H,4-9H2,1-3H3,(H,20,21). The molecular weight excluding hydrogens is 270 g/mol. The predicted molar refractivity (Wildman–Crippen MR) is 77.9 cm³/mol. The summed E-state index contributed by atoms with van der Waals surface area (Å²) in [6.45, 7) is 4.31. The fraction of sp³-hybridized carbons (Fsp3) is 0.667. The average Bonchev–Trinajstić information content (AvgIpc) is 3.16. The molecule has 1 fully saturated rings. The van der Waals surface area contributed by atoms with Crippen LogP contribution in [0.1, 0.15) is 36.2 Å². The Morgan fingerprint density at radius 3 is 2.52 bits per heavy atom. The number of carbonyl (C=O) groups is 2. The lowest BCUT2D eigenvalue weighted by atomic mass is 10.1. The molecule has 1 aliphatic carbocycles. The highest BCUT2D eigenvalue weighted by Crippen LogP contribution is 2.30. The van der Waals surface area contributed by atoms with Gasteiger partial charge in [0.05, 0.1) is 5.69 Å². The minimum Gasteiger partial charge on any atom is -0.480 e. The lowest BCUT2D eigenvalue weighted by Crippen LogP contribution is -2.37. The van der Waals surface area contributed by atoms with E-state index in [1.165, 1.54) is 4.90 Å². The molecule has 0 spiro atoms. The summed E-state index contributed by atoms with van der Waals surface area (Å²) in [5.41, 5.74) is 3.09. The molecule has 0 saturated heterocycles. The van der Waals surface area contributed by atoms with Gasteiger partial charge in [0.25, 0.3) is 0 Å². The Bertz CT molecular complexity index is 547. The molecule has 2 rings (SSSR count). The van der Waals surface area contributed by atoms with Crippen LogP contribution in [0.3, 0.4) is 0 Å². The fourth-order valence-corrected chi connectivity index (χ4v) is 2.60. The second-order valence-corrected chi connectivity index (χ2v) is 5.88. The van der Waals surface area contributed by atoms with Gasteiger partial charge in [0, 0.05) is 25.7 Å². The number of amides is 1. The first-order chi connectivity index (χ1) is 9.88. The smallest absolute Gasteiger partial charge is 0.323 e. The van der Waals surface area contributed by atoms with Crippen molar-refractivity contribution in [2.75, 3.05) is 13.1 Å². The Labute approximate surface area is 124 Å². The van der Waals surface area contributed by atoms with Crippen molar-refractivity contribution in [1.82, 2.24) is 14.7 Å². The van der Waals surface area contributed by atoms with Crippen LogP contribution in [0.2, 0.25) is 0 Å². The molecule has 1 saturated carbocycles. The summed E-state index contributed by atoms with van der Waals surface area (Å²) in [7, 11) is 1.89. The molecule has 1 aliphatic rings. The number of hydrogen-bond donors (Lipinski definition) is 1. The maximum Gasteiger partial charge on any atom is 0.323 e. The molecule has 0 bridgehead atoms.